The molecule has 0 aliphatic heterocycles. The van der Waals surface area contributed by atoms with Gasteiger partial charge in [0.1, 0.15) is 5.54 Å². The number of halogens is 1. The van der Waals surface area contributed by atoms with Gasteiger partial charge in [-0.2, -0.15) is 0 Å². The minimum atomic E-state index is -0.627. The summed E-state index contributed by atoms with van der Waals surface area (Å²) in [6.07, 6.45) is 5.53. The lowest BCUT2D eigenvalue weighted by atomic mass is 9.88. The van der Waals surface area contributed by atoms with E-state index >= 15 is 0 Å². The Morgan fingerprint density at radius 2 is 1.84 bits per heavy atom. The molecule has 0 aliphatic rings. The van der Waals surface area contributed by atoms with E-state index in [1.54, 1.807) is 12.1 Å². The third-order valence-electron chi connectivity index (χ3n) is 3.60. The SMILES string of the molecule is C#CC(C)(NC(=O)C(C)c1ccc(Cl)cc1)C(C)C. The van der Waals surface area contributed by atoms with Crippen LogP contribution in [0.3, 0.4) is 0 Å². The zero-order chi connectivity index (χ0) is 14.6. The van der Waals surface area contributed by atoms with Crippen LogP contribution in [0.25, 0.3) is 0 Å². The third-order valence-corrected chi connectivity index (χ3v) is 3.85. The maximum absolute atomic E-state index is 12.3. The molecule has 1 aromatic rings. The highest BCUT2D eigenvalue weighted by molar-refractivity contribution is 6.30. The summed E-state index contributed by atoms with van der Waals surface area (Å²) >= 11 is 5.84. The second-order valence-corrected chi connectivity index (χ2v) is 5.70. The van der Waals surface area contributed by atoms with Gasteiger partial charge in [-0.05, 0) is 37.5 Å². The zero-order valence-electron chi connectivity index (χ0n) is 11.8. The van der Waals surface area contributed by atoms with Gasteiger partial charge in [-0.25, -0.2) is 0 Å². The molecule has 0 aromatic heterocycles. The smallest absolute Gasteiger partial charge is 0.228 e. The molecule has 0 heterocycles. The molecule has 2 nitrogen and oxygen atoms in total. The maximum Gasteiger partial charge on any atom is 0.228 e. The highest BCUT2D eigenvalue weighted by atomic mass is 35.5. The van der Waals surface area contributed by atoms with Gasteiger partial charge in [0.2, 0.25) is 5.91 Å². The minimum absolute atomic E-state index is 0.0727. The fourth-order valence-corrected chi connectivity index (χ4v) is 1.74. The van der Waals surface area contributed by atoms with Crippen LogP contribution in [-0.4, -0.2) is 11.4 Å². The summed E-state index contributed by atoms with van der Waals surface area (Å²) in [5, 5.41) is 3.61. The van der Waals surface area contributed by atoms with E-state index in [1.807, 2.05) is 39.8 Å². The van der Waals surface area contributed by atoms with Gasteiger partial charge in [-0.1, -0.05) is 43.5 Å². The molecule has 1 N–H and O–H groups in total. The van der Waals surface area contributed by atoms with Gasteiger partial charge in [0, 0.05) is 5.02 Å². The van der Waals surface area contributed by atoms with Crippen molar-refractivity contribution in [2.45, 2.75) is 39.2 Å². The average Bonchev–Trinajstić information content (AvgIpc) is 2.38. The molecule has 2 atom stereocenters. The Labute approximate surface area is 120 Å². The van der Waals surface area contributed by atoms with Crippen LogP contribution in [0.1, 0.15) is 39.2 Å². The van der Waals surface area contributed by atoms with Gasteiger partial charge in [-0.15, -0.1) is 6.42 Å². The fraction of sp³-hybridized carbons (Fsp3) is 0.438. The standard InChI is InChI=1S/C16H20ClNO/c1-6-16(5,11(2)3)18-15(19)12(4)13-7-9-14(17)10-8-13/h1,7-12H,2-5H3,(H,18,19). The van der Waals surface area contributed by atoms with E-state index in [-0.39, 0.29) is 17.7 Å². The van der Waals surface area contributed by atoms with E-state index in [2.05, 4.69) is 11.2 Å². The second-order valence-electron chi connectivity index (χ2n) is 5.26. The van der Waals surface area contributed by atoms with Gasteiger partial charge in [0.15, 0.2) is 0 Å². The van der Waals surface area contributed by atoms with E-state index < -0.39 is 5.54 Å². The number of carbonyl (C=O) groups excluding carboxylic acids is 1. The molecule has 19 heavy (non-hydrogen) atoms. The molecular weight excluding hydrogens is 258 g/mol. The Morgan fingerprint density at radius 1 is 1.32 bits per heavy atom. The van der Waals surface area contributed by atoms with Crippen molar-refractivity contribution in [3.8, 4) is 12.3 Å². The summed E-state index contributed by atoms with van der Waals surface area (Å²) in [6.45, 7) is 7.71. The number of nitrogens with one attached hydrogen (secondary N) is 1. The van der Waals surface area contributed by atoms with Gasteiger partial charge in [-0.3, -0.25) is 4.79 Å². The van der Waals surface area contributed by atoms with Crippen LogP contribution in [0.5, 0.6) is 0 Å². The second kappa shape index (κ2) is 6.12. The van der Waals surface area contributed by atoms with Gasteiger partial charge >= 0.3 is 0 Å². The van der Waals surface area contributed by atoms with E-state index in [4.69, 9.17) is 18.0 Å². The molecule has 2 unspecified atom stereocenters. The number of rotatable bonds is 4. The fourth-order valence-electron chi connectivity index (χ4n) is 1.61. The Kier molecular flexibility index (Phi) is 5.03. The first-order valence-electron chi connectivity index (χ1n) is 6.35. The first-order valence-corrected chi connectivity index (χ1v) is 6.73. The molecule has 0 fully saturated rings. The first-order chi connectivity index (χ1) is 8.80. The number of carbonyl (C=O) groups is 1. The normalized spacial score (nSPS) is 15.4. The van der Waals surface area contributed by atoms with Crippen molar-refractivity contribution >= 4 is 17.5 Å². The highest BCUT2D eigenvalue weighted by Crippen LogP contribution is 2.21. The topological polar surface area (TPSA) is 29.1 Å². The van der Waals surface area contributed by atoms with E-state index in [0.717, 1.165) is 5.56 Å². The van der Waals surface area contributed by atoms with Crippen LogP contribution in [-0.2, 0) is 4.79 Å². The Bertz CT molecular complexity index is 486. The molecule has 102 valence electrons. The van der Waals surface area contributed by atoms with Crippen LogP contribution in [0, 0.1) is 18.3 Å². The van der Waals surface area contributed by atoms with Crippen molar-refractivity contribution in [2.24, 2.45) is 5.92 Å². The van der Waals surface area contributed by atoms with Crippen LogP contribution in [0.2, 0.25) is 5.02 Å². The van der Waals surface area contributed by atoms with E-state index in [1.165, 1.54) is 0 Å². The number of amides is 1. The summed E-state index contributed by atoms with van der Waals surface area (Å²) < 4.78 is 0. The quantitative estimate of drug-likeness (QED) is 0.837. The molecule has 3 heteroatoms. The lowest BCUT2D eigenvalue weighted by Crippen LogP contribution is -2.50. The van der Waals surface area contributed by atoms with E-state index in [9.17, 15) is 4.79 Å². The molecule has 1 amide bonds. The van der Waals surface area contributed by atoms with Crippen LogP contribution < -0.4 is 5.32 Å². The molecule has 0 radical (unpaired) electrons. The summed E-state index contributed by atoms with van der Waals surface area (Å²) in [6, 6.07) is 7.28. The predicted molar refractivity (Wildman–Crippen MR) is 80.1 cm³/mol. The molecule has 0 aliphatic carbocycles. The van der Waals surface area contributed by atoms with Crippen molar-refractivity contribution in [3.05, 3.63) is 34.9 Å². The third kappa shape index (κ3) is 3.75. The Balaban J connectivity index is 2.84. The largest absolute Gasteiger partial charge is 0.339 e. The molecule has 0 saturated heterocycles. The monoisotopic (exact) mass is 277 g/mol. The Hall–Kier alpha value is -1.46. The average molecular weight is 278 g/mol. The van der Waals surface area contributed by atoms with Gasteiger partial charge in [0.25, 0.3) is 0 Å². The molecule has 0 bridgehead atoms. The zero-order valence-corrected chi connectivity index (χ0v) is 12.6. The molecule has 0 spiro atoms. The van der Waals surface area contributed by atoms with E-state index in [0.29, 0.717) is 5.02 Å². The number of terminal acetylenes is 1. The molecule has 0 saturated carbocycles. The van der Waals surface area contributed by atoms with Crippen LogP contribution in [0.15, 0.2) is 24.3 Å². The van der Waals surface area contributed by atoms with Crippen LogP contribution >= 0.6 is 11.6 Å². The number of hydrogen-bond acceptors (Lipinski definition) is 1. The predicted octanol–water partition coefficient (Wildman–Crippen LogP) is 3.61. The van der Waals surface area contributed by atoms with Gasteiger partial charge < -0.3 is 5.32 Å². The van der Waals surface area contributed by atoms with Crippen molar-refractivity contribution in [1.82, 2.24) is 5.32 Å². The number of hydrogen-bond donors (Lipinski definition) is 1. The summed E-state index contributed by atoms with van der Waals surface area (Å²) in [4.78, 5) is 12.3. The summed E-state index contributed by atoms with van der Waals surface area (Å²) in [5.74, 6) is 2.50. The minimum Gasteiger partial charge on any atom is -0.339 e. The van der Waals surface area contributed by atoms with Crippen molar-refractivity contribution in [2.75, 3.05) is 0 Å². The van der Waals surface area contributed by atoms with Gasteiger partial charge in [0.05, 0.1) is 5.92 Å². The summed E-state index contributed by atoms with van der Waals surface area (Å²) in [7, 11) is 0. The van der Waals surface area contributed by atoms with Crippen molar-refractivity contribution < 1.29 is 4.79 Å². The van der Waals surface area contributed by atoms with Crippen molar-refractivity contribution in [1.29, 1.82) is 0 Å². The first kappa shape index (κ1) is 15.6. The Morgan fingerprint density at radius 3 is 2.26 bits per heavy atom. The lowest BCUT2D eigenvalue weighted by molar-refractivity contribution is -0.123. The lowest BCUT2D eigenvalue weighted by Gasteiger charge is -2.30. The molecule has 1 aromatic carbocycles. The highest BCUT2D eigenvalue weighted by Gasteiger charge is 2.29. The summed E-state index contributed by atoms with van der Waals surface area (Å²) in [5.41, 5.74) is 0.294. The molecular formula is C16H20ClNO. The maximum atomic E-state index is 12.3. The van der Waals surface area contributed by atoms with Crippen molar-refractivity contribution in [3.63, 3.8) is 0 Å². The molecule has 1 rings (SSSR count). The van der Waals surface area contributed by atoms with Crippen LogP contribution in [0.4, 0.5) is 0 Å². The number of benzene rings is 1.